The van der Waals surface area contributed by atoms with Crippen molar-refractivity contribution in [3.05, 3.63) is 53.6 Å². The summed E-state index contributed by atoms with van der Waals surface area (Å²) in [6.07, 6.45) is 5.51. The number of amides is 1. The number of fused-ring (bicyclic) bond motifs is 1. The van der Waals surface area contributed by atoms with Crippen LogP contribution in [0.4, 0.5) is 5.69 Å². The second-order valence-corrected chi connectivity index (χ2v) is 12.4. The lowest BCUT2D eigenvalue weighted by Gasteiger charge is -2.25. The van der Waals surface area contributed by atoms with Crippen LogP contribution < -0.4 is 5.32 Å². The summed E-state index contributed by atoms with van der Waals surface area (Å²) in [6, 6.07) is 11.2. The molecule has 0 aromatic heterocycles. The van der Waals surface area contributed by atoms with Crippen molar-refractivity contribution in [3.8, 4) is 0 Å². The molecule has 172 valence electrons. The molecule has 32 heavy (non-hydrogen) atoms. The number of carbonyl (C=O) groups is 1. The summed E-state index contributed by atoms with van der Waals surface area (Å²) in [5.74, 6) is -0.708. The van der Waals surface area contributed by atoms with Crippen molar-refractivity contribution >= 4 is 31.5 Å². The Hall–Kier alpha value is -2.23. The van der Waals surface area contributed by atoms with Gasteiger partial charge >= 0.3 is 0 Å². The van der Waals surface area contributed by atoms with Gasteiger partial charge in [0.15, 0.2) is 9.84 Å². The number of anilines is 1. The van der Waals surface area contributed by atoms with Crippen LogP contribution in [-0.4, -0.2) is 45.9 Å². The molecule has 2 aliphatic rings. The van der Waals surface area contributed by atoms with E-state index in [4.69, 9.17) is 0 Å². The number of sulfonamides is 1. The standard InChI is InChI=1S/C23H28N2O5S2/c26-23(13-16-31(27,28)22-10-7-18-5-4-6-19(18)17-22)24-20-8-11-21(12-9-20)32(29,30)25-14-2-1-3-15-25/h7-12,17H,1-6,13-16H2,(H,24,26). The summed E-state index contributed by atoms with van der Waals surface area (Å²) in [5.41, 5.74) is 2.71. The van der Waals surface area contributed by atoms with Crippen molar-refractivity contribution in [2.75, 3.05) is 24.2 Å². The Labute approximate surface area is 189 Å². The van der Waals surface area contributed by atoms with Crippen LogP contribution in [0.1, 0.15) is 43.2 Å². The Balaban J connectivity index is 1.35. The number of hydrogen-bond acceptors (Lipinski definition) is 5. The monoisotopic (exact) mass is 476 g/mol. The molecule has 1 amide bonds. The van der Waals surface area contributed by atoms with Crippen LogP contribution >= 0.6 is 0 Å². The molecule has 2 aromatic carbocycles. The van der Waals surface area contributed by atoms with E-state index in [0.717, 1.165) is 44.1 Å². The minimum atomic E-state index is -3.55. The lowest BCUT2D eigenvalue weighted by Crippen LogP contribution is -2.35. The van der Waals surface area contributed by atoms with E-state index >= 15 is 0 Å². The molecule has 1 heterocycles. The van der Waals surface area contributed by atoms with E-state index in [2.05, 4.69) is 5.32 Å². The fraction of sp³-hybridized carbons (Fsp3) is 0.435. The molecule has 7 nitrogen and oxygen atoms in total. The molecule has 0 saturated carbocycles. The molecule has 1 fully saturated rings. The maximum atomic E-state index is 12.7. The van der Waals surface area contributed by atoms with Gasteiger partial charge < -0.3 is 5.32 Å². The number of benzene rings is 2. The predicted octanol–water partition coefficient (Wildman–Crippen LogP) is 3.15. The first-order valence-electron chi connectivity index (χ1n) is 11.0. The number of sulfone groups is 1. The molecule has 1 aliphatic heterocycles. The lowest BCUT2D eigenvalue weighted by atomic mass is 10.1. The molecular weight excluding hydrogens is 448 g/mol. The summed E-state index contributed by atoms with van der Waals surface area (Å²) >= 11 is 0. The lowest BCUT2D eigenvalue weighted by molar-refractivity contribution is -0.115. The SMILES string of the molecule is O=C(CCS(=O)(=O)c1ccc2c(c1)CCC2)Nc1ccc(S(=O)(=O)N2CCCCC2)cc1. The van der Waals surface area contributed by atoms with Crippen molar-refractivity contribution in [3.63, 3.8) is 0 Å². The Morgan fingerprint density at radius 2 is 1.47 bits per heavy atom. The van der Waals surface area contributed by atoms with Crippen LogP contribution in [0.2, 0.25) is 0 Å². The third-order valence-corrected chi connectivity index (χ3v) is 9.74. The van der Waals surface area contributed by atoms with Gasteiger partial charge in [0.25, 0.3) is 0 Å². The Morgan fingerprint density at radius 3 is 2.19 bits per heavy atom. The van der Waals surface area contributed by atoms with E-state index < -0.39 is 25.8 Å². The summed E-state index contributed by atoms with van der Waals surface area (Å²) in [6.45, 7) is 1.05. The largest absolute Gasteiger partial charge is 0.326 e. The molecule has 0 unspecified atom stereocenters. The molecule has 2 aromatic rings. The van der Waals surface area contributed by atoms with Gasteiger partial charge in [-0.3, -0.25) is 4.79 Å². The van der Waals surface area contributed by atoms with Crippen molar-refractivity contribution in [1.82, 2.24) is 4.31 Å². The number of nitrogens with one attached hydrogen (secondary N) is 1. The molecule has 4 rings (SSSR count). The highest BCUT2D eigenvalue weighted by Gasteiger charge is 2.26. The number of carbonyl (C=O) groups excluding carboxylic acids is 1. The van der Waals surface area contributed by atoms with Gasteiger partial charge in [-0.05, 0) is 79.6 Å². The third-order valence-electron chi connectivity index (χ3n) is 6.12. The fourth-order valence-corrected chi connectivity index (χ4v) is 7.08. The molecule has 9 heteroatoms. The summed E-state index contributed by atoms with van der Waals surface area (Å²) in [5, 5.41) is 2.65. The number of rotatable bonds is 7. The van der Waals surface area contributed by atoms with E-state index in [0.29, 0.717) is 18.8 Å². The summed E-state index contributed by atoms with van der Waals surface area (Å²) in [7, 11) is -7.08. The van der Waals surface area contributed by atoms with Crippen molar-refractivity contribution < 1.29 is 21.6 Å². The molecular formula is C23H28N2O5S2. The first-order valence-corrected chi connectivity index (χ1v) is 14.1. The summed E-state index contributed by atoms with van der Waals surface area (Å²) < 4.78 is 52.2. The van der Waals surface area contributed by atoms with Gasteiger partial charge in [-0.15, -0.1) is 0 Å². The van der Waals surface area contributed by atoms with Crippen LogP contribution in [0.25, 0.3) is 0 Å². The molecule has 1 N–H and O–H groups in total. The van der Waals surface area contributed by atoms with E-state index in [1.54, 1.807) is 12.1 Å². The Kier molecular flexibility index (Phi) is 6.69. The maximum absolute atomic E-state index is 12.7. The van der Waals surface area contributed by atoms with Crippen LogP contribution in [0.15, 0.2) is 52.3 Å². The highest BCUT2D eigenvalue weighted by atomic mass is 32.2. The van der Waals surface area contributed by atoms with Crippen LogP contribution in [0, 0.1) is 0 Å². The van der Waals surface area contributed by atoms with E-state index in [-0.39, 0.29) is 22.0 Å². The molecule has 0 radical (unpaired) electrons. The highest BCUT2D eigenvalue weighted by molar-refractivity contribution is 7.91. The van der Waals surface area contributed by atoms with Gasteiger partial charge in [0.05, 0.1) is 15.5 Å². The topological polar surface area (TPSA) is 101 Å². The first-order chi connectivity index (χ1) is 15.3. The van der Waals surface area contributed by atoms with Crippen LogP contribution in [0.5, 0.6) is 0 Å². The maximum Gasteiger partial charge on any atom is 0.243 e. The number of hydrogen-bond donors (Lipinski definition) is 1. The van der Waals surface area contributed by atoms with Gasteiger partial charge in [-0.2, -0.15) is 4.31 Å². The van der Waals surface area contributed by atoms with Crippen LogP contribution in [-0.2, 0) is 37.5 Å². The third kappa shape index (κ3) is 5.05. The smallest absolute Gasteiger partial charge is 0.243 e. The number of nitrogens with zero attached hydrogens (tertiary/aromatic N) is 1. The summed E-state index contributed by atoms with van der Waals surface area (Å²) in [4.78, 5) is 12.8. The Bertz CT molecular complexity index is 1200. The zero-order valence-electron chi connectivity index (χ0n) is 17.9. The first kappa shape index (κ1) is 22.9. The number of aryl methyl sites for hydroxylation is 2. The molecule has 0 atom stereocenters. The van der Waals surface area contributed by atoms with E-state index in [9.17, 15) is 21.6 Å². The van der Waals surface area contributed by atoms with Gasteiger partial charge in [0.1, 0.15) is 0 Å². The predicted molar refractivity (Wildman–Crippen MR) is 123 cm³/mol. The second-order valence-electron chi connectivity index (χ2n) is 8.39. The number of piperidine rings is 1. The van der Waals surface area contributed by atoms with E-state index in [1.807, 2.05) is 6.07 Å². The zero-order chi connectivity index (χ0) is 22.8. The Morgan fingerprint density at radius 1 is 0.812 bits per heavy atom. The highest BCUT2D eigenvalue weighted by Crippen LogP contribution is 2.26. The minimum absolute atomic E-state index is 0.173. The molecule has 1 saturated heterocycles. The minimum Gasteiger partial charge on any atom is -0.326 e. The van der Waals surface area contributed by atoms with Gasteiger partial charge in [-0.25, -0.2) is 16.8 Å². The average molecular weight is 477 g/mol. The zero-order valence-corrected chi connectivity index (χ0v) is 19.6. The van der Waals surface area contributed by atoms with Gasteiger partial charge in [-0.1, -0.05) is 12.5 Å². The van der Waals surface area contributed by atoms with E-state index in [1.165, 1.54) is 34.1 Å². The second kappa shape index (κ2) is 9.33. The normalized spacial score (nSPS) is 17.1. The molecule has 1 aliphatic carbocycles. The average Bonchev–Trinajstić information content (AvgIpc) is 3.27. The van der Waals surface area contributed by atoms with Crippen molar-refractivity contribution in [1.29, 1.82) is 0 Å². The van der Waals surface area contributed by atoms with Crippen molar-refractivity contribution in [2.45, 2.75) is 54.7 Å². The quantitative estimate of drug-likeness (QED) is 0.662. The van der Waals surface area contributed by atoms with Crippen LogP contribution in [0.3, 0.4) is 0 Å². The van der Waals surface area contributed by atoms with Gasteiger partial charge in [0.2, 0.25) is 15.9 Å². The molecule has 0 spiro atoms. The van der Waals surface area contributed by atoms with Gasteiger partial charge in [0, 0.05) is 25.2 Å². The fourth-order valence-electron chi connectivity index (χ4n) is 4.27. The van der Waals surface area contributed by atoms with Crippen molar-refractivity contribution in [2.24, 2.45) is 0 Å². The molecule has 0 bridgehead atoms.